The normalized spacial score (nSPS) is 15.4. The number of hydrogen-bond acceptors (Lipinski definition) is 6. The predicted octanol–water partition coefficient (Wildman–Crippen LogP) is 4.77. The fraction of sp³-hybridized carbons (Fsp3) is 0.273. The summed E-state index contributed by atoms with van der Waals surface area (Å²) in [5.74, 6) is -4.97. The van der Waals surface area contributed by atoms with Gasteiger partial charge in [0, 0.05) is 37.4 Å². The van der Waals surface area contributed by atoms with Crippen molar-refractivity contribution in [3.8, 4) is 0 Å². The first kappa shape index (κ1) is 21.8. The molecule has 0 radical (unpaired) electrons. The fourth-order valence-corrected chi connectivity index (χ4v) is 4.19. The molecule has 0 aliphatic carbocycles. The second kappa shape index (κ2) is 8.87. The zero-order chi connectivity index (χ0) is 21.9. The highest BCUT2D eigenvalue weighted by Crippen LogP contribution is 2.36. The Hall–Kier alpha value is -2.87. The van der Waals surface area contributed by atoms with Crippen molar-refractivity contribution in [3.63, 3.8) is 0 Å². The third-order valence-corrected chi connectivity index (χ3v) is 5.48. The Morgan fingerprint density at radius 2 is 1.63 bits per heavy atom. The van der Waals surface area contributed by atoms with Crippen LogP contribution in [-0.4, -0.2) is 24.3 Å². The van der Waals surface area contributed by atoms with Crippen LogP contribution < -0.4 is 4.90 Å². The highest BCUT2D eigenvalue weighted by atomic mass is 32.2. The number of nitrogens with zero attached hydrogens (tertiary/aromatic N) is 1. The molecule has 0 aromatic heterocycles. The lowest BCUT2D eigenvalue weighted by atomic mass is 10.2. The molecule has 0 atom stereocenters. The molecule has 0 N–H and O–H groups in total. The van der Waals surface area contributed by atoms with Crippen molar-refractivity contribution in [1.82, 2.24) is 0 Å². The van der Waals surface area contributed by atoms with Crippen LogP contribution in [-0.2, 0) is 24.8 Å². The summed E-state index contributed by atoms with van der Waals surface area (Å²) in [4.78, 5) is 27.1. The van der Waals surface area contributed by atoms with E-state index in [2.05, 4.69) is 0 Å². The number of para-hydroxylation sites is 1. The van der Waals surface area contributed by atoms with Gasteiger partial charge in [0.15, 0.2) is 17.2 Å². The Morgan fingerprint density at radius 3 is 2.23 bits per heavy atom. The van der Waals surface area contributed by atoms with Crippen LogP contribution in [0.25, 0.3) is 0 Å². The average molecular weight is 433 g/mol. The zero-order valence-electron chi connectivity index (χ0n) is 16.8. The molecule has 2 aromatic carbocycles. The number of esters is 2. The minimum Gasteiger partial charge on any atom is -0.419 e. The first-order valence-corrected chi connectivity index (χ1v) is 10.3. The number of anilines is 1. The molecule has 0 amide bonds. The topological polar surface area (TPSA) is 55.8 Å². The summed E-state index contributed by atoms with van der Waals surface area (Å²) < 4.78 is 38.3. The molecule has 30 heavy (non-hydrogen) atoms. The lowest BCUT2D eigenvalue weighted by molar-refractivity contribution is -0.222. The maximum absolute atomic E-state index is 14.2. The third kappa shape index (κ3) is 4.64. The molecule has 0 unspecified atom stereocenters. The molecule has 1 aliphatic rings. The van der Waals surface area contributed by atoms with E-state index in [0.717, 1.165) is 23.5 Å². The molecule has 0 spiro atoms. The molecule has 1 saturated heterocycles. The number of thioether (sulfide) groups is 1. The minimum absolute atomic E-state index is 0.00425. The molecule has 8 heteroatoms. The van der Waals surface area contributed by atoms with Crippen LogP contribution in [0.2, 0.25) is 0 Å². The van der Waals surface area contributed by atoms with Gasteiger partial charge in [0.05, 0.1) is 5.03 Å². The van der Waals surface area contributed by atoms with Crippen LogP contribution in [0.4, 0.5) is 14.5 Å². The van der Waals surface area contributed by atoms with Gasteiger partial charge in [0.25, 0.3) is 5.79 Å². The van der Waals surface area contributed by atoms with Gasteiger partial charge in [-0.1, -0.05) is 30.3 Å². The number of benzene rings is 2. The second-order valence-electron chi connectivity index (χ2n) is 6.94. The molecule has 1 heterocycles. The monoisotopic (exact) mass is 433 g/mol. The first-order valence-electron chi connectivity index (χ1n) is 9.32. The van der Waals surface area contributed by atoms with Gasteiger partial charge in [-0.05, 0) is 25.1 Å². The Labute approximate surface area is 177 Å². The summed E-state index contributed by atoms with van der Waals surface area (Å²) in [5.41, 5.74) is 0.557. The third-order valence-electron chi connectivity index (χ3n) is 4.32. The number of hydrogen-bond donors (Lipinski definition) is 0. The van der Waals surface area contributed by atoms with Crippen LogP contribution >= 0.6 is 11.8 Å². The van der Waals surface area contributed by atoms with Crippen molar-refractivity contribution >= 4 is 29.4 Å². The molecule has 1 aliphatic heterocycles. The SMILES string of the molecule is CCN(C(SCc1cccc(F)c1F)=C1C(=O)OC(C)(C)OC1=O)c1ccccc1. The van der Waals surface area contributed by atoms with Gasteiger partial charge < -0.3 is 14.4 Å². The van der Waals surface area contributed by atoms with Crippen LogP contribution in [0, 0.1) is 11.6 Å². The van der Waals surface area contributed by atoms with E-state index in [1.807, 2.05) is 37.3 Å². The van der Waals surface area contributed by atoms with E-state index in [1.54, 1.807) is 4.90 Å². The lowest BCUT2D eigenvalue weighted by Gasteiger charge is -2.33. The molecule has 0 saturated carbocycles. The lowest BCUT2D eigenvalue weighted by Crippen LogP contribution is -2.43. The minimum atomic E-state index is -1.38. The summed E-state index contributed by atoms with van der Waals surface area (Å²) in [7, 11) is 0. The summed E-state index contributed by atoms with van der Waals surface area (Å²) >= 11 is 1.04. The number of halogens is 2. The van der Waals surface area contributed by atoms with E-state index in [9.17, 15) is 18.4 Å². The van der Waals surface area contributed by atoms with Crippen molar-refractivity contribution in [2.45, 2.75) is 32.3 Å². The van der Waals surface area contributed by atoms with Gasteiger partial charge in [-0.2, -0.15) is 0 Å². The Kier molecular flexibility index (Phi) is 6.45. The Balaban J connectivity index is 2.05. The van der Waals surface area contributed by atoms with Gasteiger partial charge >= 0.3 is 11.9 Å². The summed E-state index contributed by atoms with van der Waals surface area (Å²) in [6.07, 6.45) is 0. The van der Waals surface area contributed by atoms with E-state index >= 15 is 0 Å². The molecule has 158 valence electrons. The van der Waals surface area contributed by atoms with E-state index < -0.39 is 29.4 Å². The van der Waals surface area contributed by atoms with Gasteiger partial charge in [-0.25, -0.2) is 18.4 Å². The zero-order valence-corrected chi connectivity index (χ0v) is 17.6. The van der Waals surface area contributed by atoms with E-state index in [1.165, 1.54) is 26.0 Å². The van der Waals surface area contributed by atoms with Crippen molar-refractivity contribution in [3.05, 3.63) is 76.3 Å². The highest BCUT2D eigenvalue weighted by molar-refractivity contribution is 8.02. The largest absolute Gasteiger partial charge is 0.419 e. The Morgan fingerprint density at radius 1 is 1.00 bits per heavy atom. The van der Waals surface area contributed by atoms with Crippen LogP contribution in [0.3, 0.4) is 0 Å². The number of ether oxygens (including phenoxy) is 2. The fourth-order valence-electron chi connectivity index (χ4n) is 2.97. The molecule has 0 bridgehead atoms. The maximum atomic E-state index is 14.2. The maximum Gasteiger partial charge on any atom is 0.351 e. The van der Waals surface area contributed by atoms with Crippen molar-refractivity contribution in [2.75, 3.05) is 11.4 Å². The van der Waals surface area contributed by atoms with E-state index in [0.29, 0.717) is 6.54 Å². The quantitative estimate of drug-likeness (QED) is 0.372. The van der Waals surface area contributed by atoms with Gasteiger partial charge in [0.2, 0.25) is 0 Å². The molecular formula is C22H21F2NO4S. The average Bonchev–Trinajstić information content (AvgIpc) is 2.68. The van der Waals surface area contributed by atoms with Crippen LogP contribution in [0.1, 0.15) is 26.3 Å². The smallest absolute Gasteiger partial charge is 0.351 e. The Bertz CT molecular complexity index is 970. The summed E-state index contributed by atoms with van der Waals surface area (Å²) in [6.45, 7) is 5.18. The molecule has 1 fully saturated rings. The van der Waals surface area contributed by atoms with Gasteiger partial charge in [0.1, 0.15) is 0 Å². The second-order valence-corrected chi connectivity index (χ2v) is 7.90. The number of cyclic esters (lactones) is 2. The van der Waals surface area contributed by atoms with Crippen LogP contribution in [0.15, 0.2) is 59.1 Å². The highest BCUT2D eigenvalue weighted by Gasteiger charge is 2.42. The van der Waals surface area contributed by atoms with Gasteiger partial charge in [-0.3, -0.25) is 0 Å². The van der Waals surface area contributed by atoms with E-state index in [4.69, 9.17) is 9.47 Å². The predicted molar refractivity (Wildman–Crippen MR) is 110 cm³/mol. The standard InChI is InChI=1S/C22H21F2NO4S/c1-4-25(15-10-6-5-7-11-15)19(17-20(26)28-22(2,3)29-21(17)27)30-13-14-9-8-12-16(23)18(14)24/h5-12H,4,13H2,1-3H3. The summed E-state index contributed by atoms with van der Waals surface area (Å²) in [6, 6.07) is 13.0. The molecular weight excluding hydrogens is 412 g/mol. The van der Waals surface area contributed by atoms with Crippen molar-refractivity contribution in [2.24, 2.45) is 0 Å². The van der Waals surface area contributed by atoms with Crippen LogP contribution in [0.5, 0.6) is 0 Å². The number of carbonyl (C=O) groups is 2. The molecule has 5 nitrogen and oxygen atoms in total. The van der Waals surface area contributed by atoms with E-state index in [-0.39, 0.29) is 21.9 Å². The molecule has 3 rings (SSSR count). The van der Waals surface area contributed by atoms with Crippen molar-refractivity contribution < 1.29 is 27.8 Å². The van der Waals surface area contributed by atoms with Gasteiger partial charge in [-0.15, -0.1) is 11.8 Å². The first-order chi connectivity index (χ1) is 14.2. The number of rotatable bonds is 6. The molecule has 2 aromatic rings. The summed E-state index contributed by atoms with van der Waals surface area (Å²) in [5, 5.41) is 0.248. The number of carbonyl (C=O) groups excluding carboxylic acids is 2. The van der Waals surface area contributed by atoms with Crippen molar-refractivity contribution in [1.29, 1.82) is 0 Å².